The van der Waals surface area contributed by atoms with Gasteiger partial charge in [-0.1, -0.05) is 0 Å². The number of urea groups is 1. The van der Waals surface area contributed by atoms with Gasteiger partial charge >= 0.3 is 6.03 Å². The van der Waals surface area contributed by atoms with E-state index in [4.69, 9.17) is 0 Å². The van der Waals surface area contributed by atoms with Gasteiger partial charge in [0.05, 0.1) is 17.1 Å². The van der Waals surface area contributed by atoms with Gasteiger partial charge in [0.25, 0.3) is 17.7 Å². The first-order valence-electron chi connectivity index (χ1n) is 15.7. The van der Waals surface area contributed by atoms with Gasteiger partial charge in [-0.2, -0.15) is 0 Å². The first-order chi connectivity index (χ1) is 24.1. The van der Waals surface area contributed by atoms with Crippen molar-refractivity contribution in [3.63, 3.8) is 0 Å². The third-order valence-corrected chi connectivity index (χ3v) is 8.27. The molecule has 51 heavy (non-hydrogen) atoms. The minimum atomic E-state index is -0.863. The van der Waals surface area contributed by atoms with Crippen molar-refractivity contribution in [3.05, 3.63) is 87.9 Å². The van der Waals surface area contributed by atoms with Crippen LogP contribution in [0.3, 0.4) is 0 Å². The summed E-state index contributed by atoms with van der Waals surface area (Å²) in [6, 6.07) is 7.20. The molecule has 17 heteroatoms. The van der Waals surface area contributed by atoms with Crippen molar-refractivity contribution in [2.45, 2.75) is 19.3 Å². The Morgan fingerprint density at radius 1 is 0.725 bits per heavy atom. The summed E-state index contributed by atoms with van der Waals surface area (Å²) < 4.78 is 18.2. The van der Waals surface area contributed by atoms with Crippen molar-refractivity contribution in [3.8, 4) is 0 Å². The van der Waals surface area contributed by atoms with Gasteiger partial charge in [0.2, 0.25) is 5.91 Å². The highest BCUT2D eigenvalue weighted by atomic mass is 79.9. The van der Waals surface area contributed by atoms with Crippen molar-refractivity contribution in [1.29, 1.82) is 0 Å². The fraction of sp³-hybridized carbons (Fsp3) is 0.294. The molecule has 3 aromatic heterocycles. The van der Waals surface area contributed by atoms with E-state index in [1.165, 1.54) is 33.5 Å². The molecule has 1 aromatic carbocycles. The number of Topliss-reactive ketones (excluding diaryl/α,β-unsaturated/α-hetero) is 1. The van der Waals surface area contributed by atoms with Gasteiger partial charge in [-0.05, 0) is 79.4 Å². The molecule has 15 nitrogen and oxygen atoms in total. The third kappa shape index (κ3) is 10.5. The molecule has 5 N–H and O–H groups in total. The number of rotatable bonds is 14. The van der Waals surface area contributed by atoms with Crippen LogP contribution in [0, 0.1) is 5.82 Å². The number of benzene rings is 1. The molecule has 0 bridgehead atoms. The van der Waals surface area contributed by atoms with Crippen LogP contribution in [0.4, 0.5) is 26.2 Å². The van der Waals surface area contributed by atoms with Crippen molar-refractivity contribution in [2.24, 2.45) is 21.1 Å². The highest BCUT2D eigenvalue weighted by Crippen LogP contribution is 2.21. The number of amides is 6. The monoisotopic (exact) mass is 767 g/mol. The predicted molar refractivity (Wildman–Crippen MR) is 192 cm³/mol. The molecule has 0 unspecified atom stereocenters. The molecular weight excluding hydrogens is 729 g/mol. The highest BCUT2D eigenvalue weighted by Gasteiger charge is 2.20. The standard InChI is InChI=1S/C34H39BrFN9O6/c1-42(2)12-6-11-37-31(48)26-14-21(17-43(26)3)38-32(49)27-15-22(18-44(27)4)39-33(50)28-16-23(19-45(28)5)40-34(51)41-30(47)10-9-29(46)24-8-7-20(36)13-25(24)35/h7-8,13-19H,6,9-12H2,1-5H3,(H,37,48)(H,38,49)(H,39,50)(H2,40,41,47,51). The second-order valence-corrected chi connectivity index (χ2v) is 12.9. The smallest absolute Gasteiger partial charge is 0.325 e. The summed E-state index contributed by atoms with van der Waals surface area (Å²) in [5.41, 5.74) is 1.99. The van der Waals surface area contributed by atoms with Crippen LogP contribution in [0.1, 0.15) is 61.1 Å². The topological polar surface area (TPSA) is 181 Å². The molecule has 0 radical (unpaired) electrons. The van der Waals surface area contributed by atoms with E-state index in [1.807, 2.05) is 19.0 Å². The Bertz CT molecular complexity index is 1980. The zero-order valence-electron chi connectivity index (χ0n) is 28.7. The predicted octanol–water partition coefficient (Wildman–Crippen LogP) is 4.10. The number of nitrogens with one attached hydrogen (secondary N) is 5. The number of imide groups is 1. The average Bonchev–Trinajstić information content (AvgIpc) is 3.72. The van der Waals surface area contributed by atoms with Crippen LogP contribution in [0.2, 0.25) is 0 Å². The first kappa shape index (κ1) is 38.3. The fourth-order valence-electron chi connectivity index (χ4n) is 5.08. The summed E-state index contributed by atoms with van der Waals surface area (Å²) in [5, 5.41) is 13.0. The van der Waals surface area contributed by atoms with E-state index in [2.05, 4.69) is 42.5 Å². The fourth-order valence-corrected chi connectivity index (χ4v) is 5.65. The van der Waals surface area contributed by atoms with Crippen molar-refractivity contribution >= 4 is 68.4 Å². The number of halogens is 2. The van der Waals surface area contributed by atoms with E-state index in [9.17, 15) is 33.2 Å². The normalized spacial score (nSPS) is 10.9. The third-order valence-electron chi connectivity index (χ3n) is 7.62. The lowest BCUT2D eigenvalue weighted by Crippen LogP contribution is -2.34. The molecule has 3 heterocycles. The summed E-state index contributed by atoms with van der Waals surface area (Å²) in [7, 11) is 8.86. The van der Waals surface area contributed by atoms with E-state index in [-0.39, 0.29) is 45.9 Å². The number of hydrogen-bond acceptors (Lipinski definition) is 7. The van der Waals surface area contributed by atoms with Gasteiger partial charge in [-0.15, -0.1) is 0 Å². The number of carbonyl (C=O) groups excluding carboxylic acids is 6. The lowest BCUT2D eigenvalue weighted by Gasteiger charge is -2.10. The SMILES string of the molecule is CN(C)CCCNC(=O)c1cc(NC(=O)c2cc(NC(=O)c3cc(NC(=O)NC(=O)CCC(=O)c4ccc(F)cc4Br)cn3C)cn2C)cn1C. The number of anilines is 3. The molecule has 0 aliphatic rings. The molecular formula is C34H39BrFN9O6. The van der Waals surface area contributed by atoms with Gasteiger partial charge in [-0.25, -0.2) is 9.18 Å². The number of ketones is 1. The second kappa shape index (κ2) is 16.9. The minimum Gasteiger partial charge on any atom is -0.351 e. The Hall–Kier alpha value is -5.55. The molecule has 270 valence electrons. The Morgan fingerprint density at radius 3 is 1.75 bits per heavy atom. The maximum absolute atomic E-state index is 13.3. The second-order valence-electron chi connectivity index (χ2n) is 12.0. The molecule has 6 amide bonds. The Morgan fingerprint density at radius 2 is 1.24 bits per heavy atom. The molecule has 0 spiro atoms. The highest BCUT2D eigenvalue weighted by molar-refractivity contribution is 9.10. The first-order valence-corrected chi connectivity index (χ1v) is 16.5. The summed E-state index contributed by atoms with van der Waals surface area (Å²) >= 11 is 3.12. The number of hydrogen-bond donors (Lipinski definition) is 5. The number of aryl methyl sites for hydroxylation is 3. The van der Waals surface area contributed by atoms with Crippen molar-refractivity contribution in [1.82, 2.24) is 29.2 Å². The van der Waals surface area contributed by atoms with E-state index >= 15 is 0 Å². The van der Waals surface area contributed by atoms with Crippen LogP contribution < -0.4 is 26.6 Å². The van der Waals surface area contributed by atoms with Gasteiger partial charge < -0.3 is 39.9 Å². The molecule has 4 rings (SSSR count). The van der Waals surface area contributed by atoms with Crippen molar-refractivity contribution < 1.29 is 33.2 Å². The Kier molecular flexibility index (Phi) is 12.7. The number of aromatic nitrogens is 3. The molecule has 0 fully saturated rings. The molecule has 0 atom stereocenters. The molecule has 0 saturated carbocycles. The van der Waals surface area contributed by atoms with Gasteiger partial charge in [0.15, 0.2) is 5.78 Å². The largest absolute Gasteiger partial charge is 0.351 e. The van der Waals surface area contributed by atoms with Crippen LogP contribution in [0.5, 0.6) is 0 Å². The van der Waals surface area contributed by atoms with Crippen LogP contribution in [-0.4, -0.2) is 81.2 Å². The maximum Gasteiger partial charge on any atom is 0.325 e. The quantitative estimate of drug-likeness (QED) is 0.0947. The van der Waals surface area contributed by atoms with Gasteiger partial charge in [0, 0.05) is 69.2 Å². The molecule has 0 aliphatic carbocycles. The zero-order chi connectivity index (χ0) is 37.4. The van der Waals surface area contributed by atoms with Crippen LogP contribution in [0.15, 0.2) is 59.5 Å². The molecule has 0 saturated heterocycles. The summed E-state index contributed by atoms with van der Waals surface area (Å²) in [4.78, 5) is 77.9. The lowest BCUT2D eigenvalue weighted by molar-refractivity contribution is -0.119. The number of carbonyl (C=O) groups is 6. The van der Waals surface area contributed by atoms with E-state index in [1.54, 1.807) is 44.2 Å². The zero-order valence-corrected chi connectivity index (χ0v) is 30.3. The number of nitrogens with zero attached hydrogens (tertiary/aromatic N) is 4. The lowest BCUT2D eigenvalue weighted by atomic mass is 10.1. The Balaban J connectivity index is 1.29. The van der Waals surface area contributed by atoms with E-state index in [0.29, 0.717) is 23.6 Å². The summed E-state index contributed by atoms with van der Waals surface area (Å²) in [5.74, 6) is -2.87. The summed E-state index contributed by atoms with van der Waals surface area (Å²) in [6.07, 6.45) is 4.97. The van der Waals surface area contributed by atoms with E-state index in [0.717, 1.165) is 25.1 Å². The minimum absolute atomic E-state index is 0.166. The summed E-state index contributed by atoms with van der Waals surface area (Å²) in [6.45, 7) is 1.36. The average molecular weight is 769 g/mol. The van der Waals surface area contributed by atoms with Gasteiger partial charge in [0.1, 0.15) is 22.9 Å². The van der Waals surface area contributed by atoms with Gasteiger partial charge in [-0.3, -0.25) is 29.3 Å². The van der Waals surface area contributed by atoms with Crippen LogP contribution in [0.25, 0.3) is 0 Å². The maximum atomic E-state index is 13.3. The molecule has 4 aromatic rings. The van der Waals surface area contributed by atoms with Crippen molar-refractivity contribution in [2.75, 3.05) is 43.1 Å². The molecule has 0 aliphatic heterocycles. The van der Waals surface area contributed by atoms with Crippen LogP contribution >= 0.6 is 15.9 Å². The van der Waals surface area contributed by atoms with Crippen LogP contribution in [-0.2, 0) is 25.9 Å². The Labute approximate surface area is 301 Å². The van der Waals surface area contributed by atoms with E-state index < -0.39 is 35.4 Å².